The smallest absolute Gasteiger partial charge is 0.231 e. The van der Waals surface area contributed by atoms with Crippen LogP contribution in [0.25, 0.3) is 0 Å². The zero-order valence-corrected chi connectivity index (χ0v) is 12.5. The first-order valence-electron chi connectivity index (χ1n) is 7.94. The standard InChI is InChI=1S/C15H25N3O2/c1-3-9-16-12-7-4-6-11(12)13-17-14(18-20-13)15(2)8-5-10-19-15/h11-12,16H,3-10H2,1-2H3. The topological polar surface area (TPSA) is 60.2 Å². The molecule has 112 valence electrons. The number of hydrogen-bond donors (Lipinski definition) is 1. The summed E-state index contributed by atoms with van der Waals surface area (Å²) in [6.45, 7) is 6.11. The van der Waals surface area contributed by atoms with Crippen LogP contribution in [0.1, 0.15) is 70.0 Å². The second kappa shape index (κ2) is 5.82. The maximum Gasteiger partial charge on any atom is 0.231 e. The van der Waals surface area contributed by atoms with Gasteiger partial charge in [0.2, 0.25) is 11.7 Å². The van der Waals surface area contributed by atoms with Gasteiger partial charge in [0.25, 0.3) is 0 Å². The van der Waals surface area contributed by atoms with Gasteiger partial charge in [-0.3, -0.25) is 0 Å². The predicted octanol–water partition coefficient (Wildman–Crippen LogP) is 2.73. The van der Waals surface area contributed by atoms with Gasteiger partial charge in [0.05, 0.1) is 5.92 Å². The molecule has 1 saturated heterocycles. The molecule has 1 aromatic heterocycles. The molecule has 2 aliphatic rings. The highest BCUT2D eigenvalue weighted by atomic mass is 16.5. The van der Waals surface area contributed by atoms with Gasteiger partial charge in [-0.1, -0.05) is 18.5 Å². The van der Waals surface area contributed by atoms with E-state index in [1.54, 1.807) is 0 Å². The number of nitrogens with one attached hydrogen (secondary N) is 1. The average molecular weight is 279 g/mol. The first-order valence-corrected chi connectivity index (χ1v) is 7.94. The van der Waals surface area contributed by atoms with Crippen molar-refractivity contribution in [1.82, 2.24) is 15.5 Å². The molecule has 1 saturated carbocycles. The molecule has 2 heterocycles. The van der Waals surface area contributed by atoms with Crippen LogP contribution in [-0.4, -0.2) is 29.3 Å². The molecular weight excluding hydrogens is 254 g/mol. The van der Waals surface area contributed by atoms with Gasteiger partial charge < -0.3 is 14.6 Å². The Bertz CT molecular complexity index is 440. The molecule has 3 rings (SSSR count). The molecule has 2 fully saturated rings. The molecule has 1 aromatic rings. The molecule has 1 aliphatic carbocycles. The highest BCUT2D eigenvalue weighted by molar-refractivity contribution is 5.07. The lowest BCUT2D eigenvalue weighted by atomic mass is 10.0. The summed E-state index contributed by atoms with van der Waals surface area (Å²) in [6.07, 6.45) is 6.79. The van der Waals surface area contributed by atoms with Crippen LogP contribution in [0.2, 0.25) is 0 Å². The Morgan fingerprint density at radius 2 is 2.25 bits per heavy atom. The van der Waals surface area contributed by atoms with Crippen molar-refractivity contribution in [1.29, 1.82) is 0 Å². The molecule has 20 heavy (non-hydrogen) atoms. The van der Waals surface area contributed by atoms with Crippen molar-refractivity contribution in [3.05, 3.63) is 11.7 Å². The number of aromatic nitrogens is 2. The zero-order chi connectivity index (χ0) is 14.0. The van der Waals surface area contributed by atoms with Gasteiger partial charge in [-0.2, -0.15) is 4.98 Å². The van der Waals surface area contributed by atoms with Crippen LogP contribution in [0.15, 0.2) is 4.52 Å². The van der Waals surface area contributed by atoms with Gasteiger partial charge in [0, 0.05) is 12.6 Å². The Morgan fingerprint density at radius 3 is 3.00 bits per heavy atom. The lowest BCUT2D eigenvalue weighted by Crippen LogP contribution is -2.32. The summed E-state index contributed by atoms with van der Waals surface area (Å²) in [5.41, 5.74) is -0.341. The lowest BCUT2D eigenvalue weighted by Gasteiger charge is -2.18. The molecule has 3 unspecified atom stereocenters. The molecule has 3 atom stereocenters. The van der Waals surface area contributed by atoms with Crippen molar-refractivity contribution in [2.45, 2.75) is 69.9 Å². The molecule has 1 N–H and O–H groups in total. The second-order valence-corrected chi connectivity index (χ2v) is 6.24. The minimum absolute atomic E-state index is 0.341. The predicted molar refractivity (Wildman–Crippen MR) is 75.5 cm³/mol. The maximum absolute atomic E-state index is 5.79. The van der Waals surface area contributed by atoms with Gasteiger partial charge in [0.15, 0.2) is 0 Å². The van der Waals surface area contributed by atoms with E-state index in [-0.39, 0.29) is 5.60 Å². The van der Waals surface area contributed by atoms with Crippen LogP contribution >= 0.6 is 0 Å². The molecule has 5 nitrogen and oxygen atoms in total. The average Bonchev–Trinajstić information content (AvgIpc) is 3.16. The van der Waals surface area contributed by atoms with Crippen LogP contribution in [-0.2, 0) is 10.3 Å². The van der Waals surface area contributed by atoms with E-state index in [4.69, 9.17) is 9.26 Å². The summed E-state index contributed by atoms with van der Waals surface area (Å²) in [5.74, 6) is 1.89. The lowest BCUT2D eigenvalue weighted by molar-refractivity contribution is 0.00768. The third-order valence-electron chi connectivity index (χ3n) is 4.62. The fourth-order valence-corrected chi connectivity index (χ4v) is 3.39. The van der Waals surface area contributed by atoms with Gasteiger partial charge >= 0.3 is 0 Å². The molecule has 1 aliphatic heterocycles. The highest BCUT2D eigenvalue weighted by Crippen LogP contribution is 2.37. The van der Waals surface area contributed by atoms with Gasteiger partial charge in [-0.05, 0) is 45.6 Å². The Hall–Kier alpha value is -0.940. The number of ether oxygens (including phenoxy) is 1. The SMILES string of the molecule is CCCNC1CCCC1c1nc(C2(C)CCCO2)no1. The Labute approximate surface area is 120 Å². The monoisotopic (exact) mass is 279 g/mol. The van der Waals surface area contributed by atoms with E-state index in [2.05, 4.69) is 29.3 Å². The maximum atomic E-state index is 5.79. The van der Waals surface area contributed by atoms with Crippen LogP contribution in [0.5, 0.6) is 0 Å². The number of hydrogen-bond acceptors (Lipinski definition) is 5. The van der Waals surface area contributed by atoms with Crippen LogP contribution < -0.4 is 5.32 Å². The van der Waals surface area contributed by atoms with E-state index in [1.807, 2.05) is 0 Å². The summed E-state index contributed by atoms with van der Waals surface area (Å²) in [5, 5.41) is 7.80. The molecular formula is C15H25N3O2. The van der Waals surface area contributed by atoms with E-state index in [9.17, 15) is 0 Å². The Balaban J connectivity index is 1.72. The van der Waals surface area contributed by atoms with Crippen LogP contribution in [0, 0.1) is 0 Å². The van der Waals surface area contributed by atoms with E-state index >= 15 is 0 Å². The van der Waals surface area contributed by atoms with Crippen LogP contribution in [0.4, 0.5) is 0 Å². The summed E-state index contributed by atoms with van der Waals surface area (Å²) >= 11 is 0. The molecule has 0 aromatic carbocycles. The molecule has 5 heteroatoms. The van der Waals surface area contributed by atoms with Crippen LogP contribution in [0.3, 0.4) is 0 Å². The summed E-state index contributed by atoms with van der Waals surface area (Å²) in [6, 6.07) is 0.487. The number of rotatable bonds is 5. The molecule has 0 radical (unpaired) electrons. The molecule has 0 spiro atoms. The first-order chi connectivity index (χ1) is 9.73. The van der Waals surface area contributed by atoms with Crippen molar-refractivity contribution in [2.75, 3.05) is 13.2 Å². The minimum Gasteiger partial charge on any atom is -0.367 e. The molecule has 0 bridgehead atoms. The normalized spacial score (nSPS) is 33.9. The third kappa shape index (κ3) is 2.61. The third-order valence-corrected chi connectivity index (χ3v) is 4.62. The van der Waals surface area contributed by atoms with E-state index in [0.717, 1.165) is 50.6 Å². The fourth-order valence-electron chi connectivity index (χ4n) is 3.39. The minimum atomic E-state index is -0.341. The highest BCUT2D eigenvalue weighted by Gasteiger charge is 2.39. The zero-order valence-electron chi connectivity index (χ0n) is 12.5. The van der Waals surface area contributed by atoms with Gasteiger partial charge in [0.1, 0.15) is 5.60 Å². The Kier molecular flexibility index (Phi) is 4.08. The van der Waals surface area contributed by atoms with E-state index < -0.39 is 0 Å². The number of nitrogens with zero attached hydrogens (tertiary/aromatic N) is 2. The van der Waals surface area contributed by atoms with Crippen molar-refractivity contribution in [3.8, 4) is 0 Å². The van der Waals surface area contributed by atoms with E-state index in [0.29, 0.717) is 12.0 Å². The fraction of sp³-hybridized carbons (Fsp3) is 0.867. The van der Waals surface area contributed by atoms with Crippen molar-refractivity contribution in [3.63, 3.8) is 0 Å². The van der Waals surface area contributed by atoms with E-state index in [1.165, 1.54) is 12.8 Å². The van der Waals surface area contributed by atoms with Gasteiger partial charge in [-0.25, -0.2) is 0 Å². The van der Waals surface area contributed by atoms with Crippen molar-refractivity contribution >= 4 is 0 Å². The molecule has 0 amide bonds. The summed E-state index contributed by atoms with van der Waals surface area (Å²) in [7, 11) is 0. The van der Waals surface area contributed by atoms with Crippen molar-refractivity contribution in [2.24, 2.45) is 0 Å². The first kappa shape index (κ1) is 14.0. The van der Waals surface area contributed by atoms with Gasteiger partial charge in [-0.15, -0.1) is 0 Å². The van der Waals surface area contributed by atoms with Crippen molar-refractivity contribution < 1.29 is 9.26 Å². The second-order valence-electron chi connectivity index (χ2n) is 6.24. The quantitative estimate of drug-likeness (QED) is 0.898. The summed E-state index contributed by atoms with van der Waals surface area (Å²) in [4.78, 5) is 4.66. The Morgan fingerprint density at radius 1 is 1.35 bits per heavy atom. The largest absolute Gasteiger partial charge is 0.367 e. The summed E-state index contributed by atoms with van der Waals surface area (Å²) < 4.78 is 11.3.